The summed E-state index contributed by atoms with van der Waals surface area (Å²) in [6.07, 6.45) is 8.61. The van der Waals surface area contributed by atoms with E-state index in [2.05, 4.69) is 16.1 Å². The van der Waals surface area contributed by atoms with Crippen LogP contribution in [0.2, 0.25) is 0 Å². The summed E-state index contributed by atoms with van der Waals surface area (Å²) in [4.78, 5) is 12.8. The van der Waals surface area contributed by atoms with Gasteiger partial charge in [-0.25, -0.2) is 9.00 Å². The number of urea groups is 1. The maximum Gasteiger partial charge on any atom is 0.330 e. The summed E-state index contributed by atoms with van der Waals surface area (Å²) in [6, 6.07) is 3.08. The number of aliphatic hydroxyl groups is 1. The van der Waals surface area contributed by atoms with Crippen LogP contribution in [0.15, 0.2) is 27.9 Å². The van der Waals surface area contributed by atoms with Gasteiger partial charge >= 0.3 is 6.03 Å². The molecule has 2 amide bonds. The lowest BCUT2D eigenvalue weighted by molar-refractivity contribution is 0.0779. The third-order valence-corrected chi connectivity index (χ3v) is 7.75. The molecule has 5 N–H and O–H groups in total. The molecule has 0 fully saturated rings. The van der Waals surface area contributed by atoms with Crippen LogP contribution >= 0.6 is 0 Å². The van der Waals surface area contributed by atoms with Crippen molar-refractivity contribution in [3.05, 3.63) is 46.2 Å². The molecule has 4 rings (SSSR count). The molecule has 158 valence electrons. The minimum atomic E-state index is -4.30. The van der Waals surface area contributed by atoms with E-state index in [1.54, 1.807) is 13.8 Å². The van der Waals surface area contributed by atoms with Gasteiger partial charge in [-0.1, -0.05) is 6.07 Å². The van der Waals surface area contributed by atoms with Crippen molar-refractivity contribution < 1.29 is 18.5 Å². The molecule has 0 aliphatic heterocycles. The van der Waals surface area contributed by atoms with Crippen molar-refractivity contribution in [1.29, 1.82) is 0 Å². The fourth-order valence-electron chi connectivity index (χ4n) is 4.29. The molecule has 7 nitrogen and oxygen atoms in total. The van der Waals surface area contributed by atoms with E-state index >= 15 is 0 Å². The number of hydrogen-bond acceptors (Lipinski definition) is 4. The van der Waals surface area contributed by atoms with Crippen molar-refractivity contribution in [2.45, 2.75) is 63.1 Å². The number of rotatable bonds is 4. The van der Waals surface area contributed by atoms with Crippen molar-refractivity contribution in [2.75, 3.05) is 11.6 Å². The van der Waals surface area contributed by atoms with Crippen LogP contribution in [-0.4, -0.2) is 21.6 Å². The van der Waals surface area contributed by atoms with Crippen LogP contribution in [0.3, 0.4) is 0 Å². The first-order chi connectivity index (χ1) is 13.4. The summed E-state index contributed by atoms with van der Waals surface area (Å²) in [5.41, 5.74) is 5.06. The van der Waals surface area contributed by atoms with E-state index in [4.69, 9.17) is 9.56 Å². The minimum absolute atomic E-state index is 0.0715. The first-order valence-electron chi connectivity index (χ1n) is 9.94. The van der Waals surface area contributed by atoms with E-state index in [1.165, 1.54) is 40.8 Å². The van der Waals surface area contributed by atoms with E-state index in [9.17, 15) is 14.1 Å². The van der Waals surface area contributed by atoms with Crippen LogP contribution in [0.1, 0.15) is 54.5 Å². The molecule has 0 saturated heterocycles. The first-order valence-corrected chi connectivity index (χ1v) is 12.4. The lowest BCUT2D eigenvalue weighted by Crippen LogP contribution is -2.57. The van der Waals surface area contributed by atoms with E-state index < -0.39 is 21.1 Å². The first kappa shape index (κ1) is 20.1. The fourth-order valence-corrected chi connectivity index (χ4v) is 5.61. The summed E-state index contributed by atoms with van der Waals surface area (Å²) >= 11 is 0. The Kier molecular flexibility index (Phi) is 4.45. The predicted molar refractivity (Wildman–Crippen MR) is 113 cm³/mol. The van der Waals surface area contributed by atoms with E-state index in [-0.39, 0.29) is 5.09 Å². The molecule has 2 aromatic rings. The lowest BCUT2D eigenvalue weighted by Gasteiger charge is -2.32. The Bertz CT molecular complexity index is 1030. The van der Waals surface area contributed by atoms with Gasteiger partial charge in [0.2, 0.25) is 0 Å². The molecule has 0 atom stereocenters. The SMILES string of the molecule is CC(C)(O)c1coc(S(C)(N)(=O)NC(=O)Nc2c3c(cc4c2CCC4)CCC3)c1. The third kappa shape index (κ3) is 3.72. The molecule has 2 aliphatic carbocycles. The Hall–Kier alpha value is -2.16. The molecule has 8 heteroatoms. The topological polar surface area (TPSA) is 118 Å². The smallest absolute Gasteiger partial charge is 0.330 e. The van der Waals surface area contributed by atoms with Gasteiger partial charge in [-0.3, -0.25) is 9.86 Å². The minimum Gasteiger partial charge on any atom is -0.454 e. The number of benzene rings is 1. The largest absolute Gasteiger partial charge is 0.454 e. The number of carbonyl (C=O) groups excluding carboxylic acids is 1. The van der Waals surface area contributed by atoms with Gasteiger partial charge in [-0.2, -0.15) is 0 Å². The maximum absolute atomic E-state index is 13.4. The Morgan fingerprint density at radius 2 is 1.72 bits per heavy atom. The number of hydrogen-bond donors (Lipinski definition) is 4. The third-order valence-electron chi connectivity index (χ3n) is 5.84. The van der Waals surface area contributed by atoms with Crippen LogP contribution in [0.25, 0.3) is 0 Å². The quantitative estimate of drug-likeness (QED) is 0.609. The summed E-state index contributed by atoms with van der Waals surface area (Å²) < 4.78 is 21.2. The van der Waals surface area contributed by atoms with Crippen LogP contribution in [0.5, 0.6) is 0 Å². The average Bonchev–Trinajstić information content (AvgIpc) is 3.32. The monoisotopic (exact) mass is 419 g/mol. The number of furan rings is 1. The lowest BCUT2D eigenvalue weighted by atomic mass is 9.99. The number of anilines is 1. The number of carbonyl (C=O) groups is 1. The molecule has 0 radical (unpaired) electrons. The Morgan fingerprint density at radius 3 is 2.24 bits per heavy atom. The number of nitrogens with two attached hydrogens (primary N) is 1. The summed E-state index contributed by atoms with van der Waals surface area (Å²) in [6.45, 7) is 3.17. The molecule has 2 aliphatic rings. The summed E-state index contributed by atoms with van der Waals surface area (Å²) in [5.74, 6) is 0. The summed E-state index contributed by atoms with van der Waals surface area (Å²) in [5, 5.41) is 19.1. The number of amides is 2. The predicted octanol–water partition coefficient (Wildman–Crippen LogP) is 2.90. The van der Waals surface area contributed by atoms with Gasteiger partial charge in [0.1, 0.15) is 0 Å². The van der Waals surface area contributed by atoms with Gasteiger partial charge in [0.25, 0.3) is 0 Å². The highest BCUT2D eigenvalue weighted by atomic mass is 32.3. The highest BCUT2D eigenvalue weighted by Gasteiger charge is 2.36. The van der Waals surface area contributed by atoms with Crippen molar-refractivity contribution in [3.8, 4) is 0 Å². The van der Waals surface area contributed by atoms with Gasteiger partial charge in [0.15, 0.2) is 5.09 Å². The number of nitrogens with one attached hydrogen (secondary N) is 2. The molecule has 1 aromatic carbocycles. The molecule has 0 bridgehead atoms. The molecule has 0 spiro atoms. The van der Waals surface area contributed by atoms with Crippen molar-refractivity contribution >= 4 is 21.2 Å². The van der Waals surface area contributed by atoms with Crippen LogP contribution in [-0.2, 0) is 40.7 Å². The molecule has 0 unspecified atom stereocenters. The molecule has 1 aromatic heterocycles. The molecular weight excluding hydrogens is 390 g/mol. The zero-order chi connectivity index (χ0) is 21.1. The zero-order valence-electron chi connectivity index (χ0n) is 17.1. The van der Waals surface area contributed by atoms with Gasteiger partial charge in [-0.05, 0) is 74.6 Å². The van der Waals surface area contributed by atoms with Gasteiger partial charge in [0, 0.05) is 23.6 Å². The highest BCUT2D eigenvalue weighted by molar-refractivity contribution is 8.16. The van der Waals surface area contributed by atoms with Gasteiger partial charge in [0.05, 0.1) is 21.3 Å². The molecule has 1 heterocycles. The molecular formula is C21H29N3O4S. The Labute approximate surface area is 170 Å². The number of fused-ring (bicyclic) bond motifs is 2. The van der Waals surface area contributed by atoms with Gasteiger partial charge < -0.3 is 14.8 Å². The zero-order valence-corrected chi connectivity index (χ0v) is 17.9. The second-order valence-electron chi connectivity index (χ2n) is 8.91. The molecule has 29 heavy (non-hydrogen) atoms. The highest BCUT2D eigenvalue weighted by Crippen LogP contribution is 2.39. The van der Waals surface area contributed by atoms with Crippen molar-refractivity contribution in [3.63, 3.8) is 0 Å². The van der Waals surface area contributed by atoms with Crippen LogP contribution in [0.4, 0.5) is 10.5 Å². The number of aryl methyl sites for hydroxylation is 2. The van der Waals surface area contributed by atoms with Crippen LogP contribution < -0.4 is 15.2 Å². The fraction of sp³-hybridized carbons (Fsp3) is 0.476. The van der Waals surface area contributed by atoms with Crippen molar-refractivity contribution in [2.24, 2.45) is 5.14 Å². The van der Waals surface area contributed by atoms with Crippen LogP contribution in [0, 0.1) is 0 Å². The average molecular weight is 420 g/mol. The maximum atomic E-state index is 13.4. The Balaban J connectivity index is 1.61. The van der Waals surface area contributed by atoms with Crippen molar-refractivity contribution in [1.82, 2.24) is 4.72 Å². The normalized spacial score (nSPS) is 17.3. The van der Waals surface area contributed by atoms with Gasteiger partial charge in [-0.15, -0.1) is 0 Å². The standard InChI is InChI=1S/C21H29N3O4S/c1-21(2,26)15-11-18(28-12-15)29(3,22,27)24-20(25)23-19-16-8-4-6-13(16)10-14-7-5-9-17(14)19/h10-12,26H,4-9H2,1-3H3,(H4,22,23,24,25,27). The van der Waals surface area contributed by atoms with E-state index in [1.807, 2.05) is 0 Å². The second kappa shape index (κ2) is 6.42. The summed E-state index contributed by atoms with van der Waals surface area (Å²) in [7, 11) is -4.30. The van der Waals surface area contributed by atoms with E-state index in [0.717, 1.165) is 44.2 Å². The Morgan fingerprint density at radius 1 is 1.14 bits per heavy atom. The van der Waals surface area contributed by atoms with E-state index in [0.29, 0.717) is 5.56 Å². The molecule has 0 saturated carbocycles. The second-order valence-corrected chi connectivity index (χ2v) is 12.3.